The van der Waals surface area contributed by atoms with Crippen LogP contribution in [0, 0.1) is 6.92 Å². The first-order valence-electron chi connectivity index (χ1n) is 7.35. The number of benzene rings is 1. The first-order chi connectivity index (χ1) is 11.1. The van der Waals surface area contributed by atoms with Gasteiger partial charge < -0.3 is 14.4 Å². The second-order valence-electron chi connectivity index (χ2n) is 6.07. The van der Waals surface area contributed by atoms with E-state index in [2.05, 4.69) is 0 Å². The summed E-state index contributed by atoms with van der Waals surface area (Å²) in [4.78, 5) is 30.1. The van der Waals surface area contributed by atoms with Crippen molar-refractivity contribution < 1.29 is 23.9 Å². The van der Waals surface area contributed by atoms with Crippen molar-refractivity contribution in [2.24, 2.45) is 0 Å². The fourth-order valence-corrected chi connectivity index (χ4v) is 2.04. The summed E-state index contributed by atoms with van der Waals surface area (Å²) < 4.78 is 10.5. The summed E-state index contributed by atoms with van der Waals surface area (Å²) in [7, 11) is 1.60. The van der Waals surface area contributed by atoms with Gasteiger partial charge in [0.2, 0.25) is 0 Å². The molecular weight excluding hydrogens is 334 g/mol. The number of hydrogen-bond acceptors (Lipinski definition) is 5. The molecule has 6 nitrogen and oxygen atoms in total. The third-order valence-electron chi connectivity index (χ3n) is 2.79. The van der Waals surface area contributed by atoms with Crippen molar-refractivity contribution in [3.63, 3.8) is 0 Å². The predicted octanol–water partition coefficient (Wildman–Crippen LogP) is 3.45. The molecule has 1 amide bonds. The smallest absolute Gasteiger partial charge is 0.410 e. The van der Waals surface area contributed by atoms with Crippen LogP contribution in [0.25, 0.3) is 0 Å². The molecule has 0 bridgehead atoms. The number of rotatable bonds is 5. The van der Waals surface area contributed by atoms with Gasteiger partial charge in [-0.3, -0.25) is 0 Å². The number of amides is 1. The molecule has 0 unspecified atom stereocenters. The monoisotopic (exact) mass is 357 g/mol. The summed E-state index contributed by atoms with van der Waals surface area (Å²) in [5, 5.41) is 0.654. The molecule has 0 N–H and O–H groups in total. The molecule has 0 saturated carbocycles. The highest BCUT2D eigenvalue weighted by atomic mass is 35.5. The van der Waals surface area contributed by atoms with Crippen molar-refractivity contribution >= 4 is 23.8 Å². The Balaban J connectivity index is 0.00000163. The number of ether oxygens (including phenoxy) is 2. The number of carbonyl (C=O) groups excluding carboxylic acids is 3. The average Bonchev–Trinajstić information content (AvgIpc) is 2.44. The molecule has 24 heavy (non-hydrogen) atoms. The molecule has 1 aromatic carbocycles. The van der Waals surface area contributed by atoms with Crippen LogP contribution in [0.15, 0.2) is 18.2 Å². The van der Waals surface area contributed by atoms with Crippen LogP contribution in [0.3, 0.4) is 0 Å². The van der Waals surface area contributed by atoms with Gasteiger partial charge in [0.1, 0.15) is 5.60 Å². The summed E-state index contributed by atoms with van der Waals surface area (Å²) in [6.45, 7) is 8.82. The summed E-state index contributed by atoms with van der Waals surface area (Å²) >= 11 is 6.24. The number of carbonyl (C=O) groups is 1. The standard InChI is InChI=1S/C16H24ClNO3.CO2/c1-12-6-7-13(14(17)10-12)11-18(8-9-20-5)15(19)21-16(2,3)4;2-1-3/h6-7,10H,8-9,11H2,1-5H3;. The highest BCUT2D eigenvalue weighted by molar-refractivity contribution is 6.31. The molecule has 1 aromatic rings. The Hall–Kier alpha value is -1.88. The molecule has 0 heterocycles. The lowest BCUT2D eigenvalue weighted by atomic mass is 10.1. The second-order valence-corrected chi connectivity index (χ2v) is 6.48. The third kappa shape index (κ3) is 9.30. The molecule has 0 atom stereocenters. The largest absolute Gasteiger partial charge is 0.444 e. The van der Waals surface area contributed by atoms with Crippen molar-refractivity contribution in [2.45, 2.75) is 39.8 Å². The van der Waals surface area contributed by atoms with Gasteiger partial charge >= 0.3 is 12.2 Å². The molecule has 0 aromatic heterocycles. The fraction of sp³-hybridized carbons (Fsp3) is 0.529. The van der Waals surface area contributed by atoms with E-state index in [0.29, 0.717) is 24.7 Å². The molecule has 7 heteroatoms. The molecule has 0 aliphatic heterocycles. The molecule has 0 aliphatic rings. The number of methoxy groups -OCH3 is 1. The number of aryl methyl sites for hydroxylation is 1. The Morgan fingerprint density at radius 3 is 2.33 bits per heavy atom. The van der Waals surface area contributed by atoms with Gasteiger partial charge in [0, 0.05) is 18.7 Å². The van der Waals surface area contributed by atoms with Gasteiger partial charge in [0.25, 0.3) is 0 Å². The first-order valence-corrected chi connectivity index (χ1v) is 7.73. The van der Waals surface area contributed by atoms with Gasteiger partial charge in [-0.15, -0.1) is 0 Å². The van der Waals surface area contributed by atoms with Gasteiger partial charge in [-0.05, 0) is 44.9 Å². The van der Waals surface area contributed by atoms with Crippen LogP contribution in [0.5, 0.6) is 0 Å². The van der Waals surface area contributed by atoms with E-state index in [1.54, 1.807) is 12.0 Å². The Morgan fingerprint density at radius 1 is 1.29 bits per heavy atom. The minimum Gasteiger partial charge on any atom is -0.444 e. The Bertz CT molecular complexity index is 563. The summed E-state index contributed by atoms with van der Waals surface area (Å²) in [5.74, 6) is 0. The van der Waals surface area contributed by atoms with E-state index < -0.39 is 5.60 Å². The molecule has 134 valence electrons. The summed E-state index contributed by atoms with van der Waals surface area (Å²) in [6.07, 6.45) is -0.115. The maximum absolute atomic E-state index is 12.3. The highest BCUT2D eigenvalue weighted by Crippen LogP contribution is 2.20. The maximum Gasteiger partial charge on any atom is 0.410 e. The van der Waals surface area contributed by atoms with Crippen LogP contribution in [-0.2, 0) is 25.6 Å². The Morgan fingerprint density at radius 2 is 1.88 bits per heavy atom. The van der Waals surface area contributed by atoms with Crippen molar-refractivity contribution in [2.75, 3.05) is 20.3 Å². The summed E-state index contributed by atoms with van der Waals surface area (Å²) in [5.41, 5.74) is 1.45. The van der Waals surface area contributed by atoms with Crippen LogP contribution in [0.1, 0.15) is 31.9 Å². The molecule has 0 saturated heterocycles. The van der Waals surface area contributed by atoms with E-state index in [1.807, 2.05) is 45.9 Å². The SMILES string of the molecule is COCCN(Cc1ccc(C)cc1Cl)C(=O)OC(C)(C)C.O=C=O. The first kappa shape index (κ1) is 22.1. The lowest BCUT2D eigenvalue weighted by Gasteiger charge is -2.27. The van der Waals surface area contributed by atoms with Crippen LogP contribution in [0.4, 0.5) is 4.79 Å². The van der Waals surface area contributed by atoms with Gasteiger partial charge in [0.15, 0.2) is 0 Å². The molecule has 0 spiro atoms. The van der Waals surface area contributed by atoms with E-state index in [0.717, 1.165) is 11.1 Å². The van der Waals surface area contributed by atoms with Gasteiger partial charge in [-0.1, -0.05) is 23.7 Å². The van der Waals surface area contributed by atoms with Crippen LogP contribution < -0.4 is 0 Å². The minimum atomic E-state index is -0.528. The fourth-order valence-electron chi connectivity index (χ4n) is 1.75. The molecular formula is C17H24ClNO5. The quantitative estimate of drug-likeness (QED) is 0.807. The van der Waals surface area contributed by atoms with Gasteiger partial charge in [0.05, 0.1) is 13.2 Å². The zero-order chi connectivity index (χ0) is 18.8. The van der Waals surface area contributed by atoms with Crippen molar-refractivity contribution in [3.05, 3.63) is 34.3 Å². The Labute approximate surface area is 147 Å². The van der Waals surface area contributed by atoms with Crippen LogP contribution in [0.2, 0.25) is 5.02 Å². The molecule has 0 aliphatic carbocycles. The number of halogens is 1. The lowest BCUT2D eigenvalue weighted by molar-refractivity contribution is -0.191. The maximum atomic E-state index is 12.3. The second kappa shape index (κ2) is 10.8. The predicted molar refractivity (Wildman–Crippen MR) is 89.7 cm³/mol. The zero-order valence-electron chi connectivity index (χ0n) is 14.7. The third-order valence-corrected chi connectivity index (χ3v) is 3.14. The topological polar surface area (TPSA) is 72.9 Å². The number of hydrogen-bond donors (Lipinski definition) is 0. The zero-order valence-corrected chi connectivity index (χ0v) is 15.5. The molecule has 0 radical (unpaired) electrons. The average molecular weight is 358 g/mol. The van der Waals surface area contributed by atoms with E-state index in [9.17, 15) is 4.79 Å². The molecule has 1 rings (SSSR count). The minimum absolute atomic E-state index is 0.250. The summed E-state index contributed by atoms with van der Waals surface area (Å²) in [6, 6.07) is 5.80. The van der Waals surface area contributed by atoms with Gasteiger partial charge in [-0.25, -0.2) is 4.79 Å². The van der Waals surface area contributed by atoms with Crippen molar-refractivity contribution in [1.29, 1.82) is 0 Å². The Kier molecular flexibility index (Phi) is 9.97. The van der Waals surface area contributed by atoms with E-state index in [4.69, 9.17) is 30.7 Å². The van der Waals surface area contributed by atoms with E-state index in [-0.39, 0.29) is 12.2 Å². The lowest BCUT2D eigenvalue weighted by Crippen LogP contribution is -2.38. The van der Waals surface area contributed by atoms with Crippen LogP contribution >= 0.6 is 11.6 Å². The highest BCUT2D eigenvalue weighted by Gasteiger charge is 2.22. The van der Waals surface area contributed by atoms with E-state index in [1.165, 1.54) is 0 Å². The molecule has 0 fully saturated rings. The van der Waals surface area contributed by atoms with Crippen LogP contribution in [-0.4, -0.2) is 43.0 Å². The normalized spacial score (nSPS) is 10.2. The van der Waals surface area contributed by atoms with E-state index >= 15 is 0 Å². The van der Waals surface area contributed by atoms with Crippen molar-refractivity contribution in [3.8, 4) is 0 Å². The van der Waals surface area contributed by atoms with Crippen molar-refractivity contribution in [1.82, 2.24) is 4.90 Å². The number of nitrogens with zero attached hydrogens (tertiary/aromatic N) is 1. The van der Waals surface area contributed by atoms with Gasteiger partial charge in [-0.2, -0.15) is 9.59 Å².